The average molecular weight is 361 g/mol. The van der Waals surface area contributed by atoms with Crippen molar-refractivity contribution < 1.29 is 0 Å². The van der Waals surface area contributed by atoms with Crippen molar-refractivity contribution in [2.24, 2.45) is 0 Å². The van der Waals surface area contributed by atoms with Gasteiger partial charge in [-0.15, -0.1) is 0 Å². The van der Waals surface area contributed by atoms with Gasteiger partial charge < -0.3 is 16.4 Å². The highest BCUT2D eigenvalue weighted by Crippen LogP contribution is 2.31. The number of nitrogens with zero attached hydrogens (tertiary/aromatic N) is 3. The molecular weight excluding hydrogens is 347 g/mol. The molecule has 8 heteroatoms. The molecule has 4 N–H and O–H groups in total. The molecule has 3 aromatic rings. The van der Waals surface area contributed by atoms with Gasteiger partial charge in [0, 0.05) is 16.9 Å². The molecule has 0 bridgehead atoms. The number of nitrogens with one attached hydrogen (secondary N) is 2. The molecule has 0 saturated heterocycles. The van der Waals surface area contributed by atoms with Gasteiger partial charge in [-0.25, -0.2) is 15.0 Å². The van der Waals surface area contributed by atoms with E-state index in [1.165, 1.54) is 6.33 Å². The Kier molecular flexibility index (Phi) is 4.69. The number of aryl methyl sites for hydroxylation is 1. The van der Waals surface area contributed by atoms with E-state index in [-0.39, 0.29) is 0 Å². The van der Waals surface area contributed by atoms with Gasteiger partial charge in [-0.3, -0.25) is 0 Å². The van der Waals surface area contributed by atoms with E-state index in [2.05, 4.69) is 25.6 Å². The summed E-state index contributed by atoms with van der Waals surface area (Å²) < 4.78 is 0. The van der Waals surface area contributed by atoms with Gasteiger partial charge in [0.05, 0.1) is 5.69 Å². The molecular formula is C16H14Cl2N6. The fourth-order valence-electron chi connectivity index (χ4n) is 2.06. The summed E-state index contributed by atoms with van der Waals surface area (Å²) in [5.41, 5.74) is 8.97. The Hall–Kier alpha value is -2.57. The van der Waals surface area contributed by atoms with Crippen molar-refractivity contribution in [3.8, 4) is 0 Å². The van der Waals surface area contributed by atoms with E-state index in [0.717, 1.165) is 11.3 Å². The number of halogens is 2. The standard InChI is InChI=1S/C16H14Cl2N6/c1-9-4-5-10(17)7-12(9)24-16-13(19)15(21-8-22-16)23-11-3-2-6-20-14(11)18/h2-8H,19H2,1H3,(H2,21,22,23,24). The van der Waals surface area contributed by atoms with Crippen LogP contribution in [-0.4, -0.2) is 15.0 Å². The van der Waals surface area contributed by atoms with E-state index in [1.54, 1.807) is 18.3 Å². The normalized spacial score (nSPS) is 10.5. The highest BCUT2D eigenvalue weighted by Gasteiger charge is 2.11. The van der Waals surface area contributed by atoms with Crippen LogP contribution in [0.3, 0.4) is 0 Å². The molecule has 0 radical (unpaired) electrons. The van der Waals surface area contributed by atoms with Crippen LogP contribution in [0.25, 0.3) is 0 Å². The van der Waals surface area contributed by atoms with Crippen molar-refractivity contribution in [1.82, 2.24) is 15.0 Å². The Balaban J connectivity index is 1.91. The minimum atomic E-state index is 0.329. The zero-order valence-electron chi connectivity index (χ0n) is 12.7. The van der Waals surface area contributed by atoms with Crippen LogP contribution in [-0.2, 0) is 0 Å². The van der Waals surface area contributed by atoms with Gasteiger partial charge in [0.2, 0.25) is 0 Å². The largest absolute Gasteiger partial charge is 0.393 e. The molecule has 24 heavy (non-hydrogen) atoms. The molecule has 0 amide bonds. The fourth-order valence-corrected chi connectivity index (χ4v) is 2.40. The van der Waals surface area contributed by atoms with E-state index in [4.69, 9.17) is 28.9 Å². The summed E-state index contributed by atoms with van der Waals surface area (Å²) in [6.07, 6.45) is 3.01. The van der Waals surface area contributed by atoms with Crippen LogP contribution in [0.15, 0.2) is 42.9 Å². The number of nitrogens with two attached hydrogens (primary N) is 1. The summed E-state index contributed by atoms with van der Waals surface area (Å²) in [5, 5.41) is 7.18. The van der Waals surface area contributed by atoms with Crippen LogP contribution < -0.4 is 16.4 Å². The highest BCUT2D eigenvalue weighted by molar-refractivity contribution is 6.32. The lowest BCUT2D eigenvalue weighted by Gasteiger charge is -2.14. The maximum atomic E-state index is 6.17. The summed E-state index contributed by atoms with van der Waals surface area (Å²) in [4.78, 5) is 12.4. The first-order valence-corrected chi connectivity index (χ1v) is 7.81. The van der Waals surface area contributed by atoms with Gasteiger partial charge >= 0.3 is 0 Å². The molecule has 0 fully saturated rings. The van der Waals surface area contributed by atoms with Crippen molar-refractivity contribution in [1.29, 1.82) is 0 Å². The quantitative estimate of drug-likeness (QED) is 0.591. The van der Waals surface area contributed by atoms with Crippen LogP contribution in [0.4, 0.5) is 28.7 Å². The highest BCUT2D eigenvalue weighted by atomic mass is 35.5. The summed E-state index contributed by atoms with van der Waals surface area (Å²) in [6.45, 7) is 1.96. The summed E-state index contributed by atoms with van der Waals surface area (Å²) >= 11 is 12.1. The maximum absolute atomic E-state index is 6.17. The Morgan fingerprint density at radius 1 is 0.958 bits per heavy atom. The molecule has 3 rings (SSSR count). The number of hydrogen-bond donors (Lipinski definition) is 3. The van der Waals surface area contributed by atoms with Crippen LogP contribution in [0.1, 0.15) is 5.56 Å². The van der Waals surface area contributed by atoms with Crippen LogP contribution in [0.5, 0.6) is 0 Å². The second-order valence-electron chi connectivity index (χ2n) is 5.04. The topological polar surface area (TPSA) is 88.8 Å². The van der Waals surface area contributed by atoms with Crippen molar-refractivity contribution in [2.75, 3.05) is 16.4 Å². The Morgan fingerprint density at radius 3 is 2.38 bits per heavy atom. The number of rotatable bonds is 4. The Labute approximate surface area is 149 Å². The third-order valence-electron chi connectivity index (χ3n) is 3.35. The first-order valence-electron chi connectivity index (χ1n) is 7.06. The number of aromatic nitrogens is 3. The van der Waals surface area contributed by atoms with Crippen molar-refractivity contribution in [2.45, 2.75) is 6.92 Å². The van der Waals surface area contributed by atoms with Gasteiger partial charge in [0.25, 0.3) is 0 Å². The molecule has 0 aliphatic carbocycles. The van der Waals surface area contributed by atoms with Crippen molar-refractivity contribution >= 4 is 51.9 Å². The van der Waals surface area contributed by atoms with E-state index in [0.29, 0.717) is 33.2 Å². The number of pyridine rings is 1. The molecule has 2 aromatic heterocycles. The van der Waals surface area contributed by atoms with Crippen LogP contribution in [0.2, 0.25) is 10.2 Å². The van der Waals surface area contributed by atoms with Crippen molar-refractivity contribution in [3.63, 3.8) is 0 Å². The number of nitrogen functional groups attached to an aromatic ring is 1. The summed E-state index contributed by atoms with van der Waals surface area (Å²) in [5.74, 6) is 0.903. The minimum Gasteiger partial charge on any atom is -0.393 e. The van der Waals surface area contributed by atoms with E-state index in [9.17, 15) is 0 Å². The molecule has 0 unspecified atom stereocenters. The smallest absolute Gasteiger partial charge is 0.159 e. The molecule has 0 spiro atoms. The van der Waals surface area contributed by atoms with Crippen molar-refractivity contribution in [3.05, 3.63) is 58.6 Å². The van der Waals surface area contributed by atoms with Gasteiger partial charge in [0.15, 0.2) is 16.8 Å². The predicted octanol–water partition coefficient (Wildman–Crippen LogP) is 4.56. The van der Waals surface area contributed by atoms with E-state index < -0.39 is 0 Å². The lowest BCUT2D eigenvalue weighted by molar-refractivity contribution is 1.17. The average Bonchev–Trinajstić information content (AvgIpc) is 2.56. The summed E-state index contributed by atoms with van der Waals surface area (Å²) in [7, 11) is 0. The zero-order valence-corrected chi connectivity index (χ0v) is 14.2. The second-order valence-corrected chi connectivity index (χ2v) is 5.83. The molecule has 122 valence electrons. The maximum Gasteiger partial charge on any atom is 0.159 e. The first kappa shape index (κ1) is 16.3. The van der Waals surface area contributed by atoms with Crippen LogP contribution >= 0.6 is 23.2 Å². The molecule has 0 atom stereocenters. The third-order valence-corrected chi connectivity index (χ3v) is 3.89. The predicted molar refractivity (Wildman–Crippen MR) is 98.4 cm³/mol. The second kappa shape index (κ2) is 6.90. The fraction of sp³-hybridized carbons (Fsp3) is 0.0625. The lowest BCUT2D eigenvalue weighted by atomic mass is 10.2. The third kappa shape index (κ3) is 3.50. The first-order chi connectivity index (χ1) is 11.5. The SMILES string of the molecule is Cc1ccc(Cl)cc1Nc1ncnc(Nc2cccnc2Cl)c1N. The molecule has 0 aliphatic rings. The van der Waals surface area contributed by atoms with Crippen LogP contribution in [0, 0.1) is 6.92 Å². The number of benzene rings is 1. The molecule has 1 aromatic carbocycles. The monoisotopic (exact) mass is 360 g/mol. The van der Waals surface area contributed by atoms with E-state index in [1.807, 2.05) is 25.1 Å². The molecule has 2 heterocycles. The molecule has 0 saturated carbocycles. The lowest BCUT2D eigenvalue weighted by Crippen LogP contribution is -2.06. The Bertz CT molecular complexity index is 884. The number of anilines is 5. The summed E-state index contributed by atoms with van der Waals surface area (Å²) in [6, 6.07) is 9.09. The van der Waals surface area contributed by atoms with Gasteiger partial charge in [-0.05, 0) is 36.8 Å². The van der Waals surface area contributed by atoms with Gasteiger partial charge in [-0.1, -0.05) is 29.3 Å². The molecule has 6 nitrogen and oxygen atoms in total. The minimum absolute atomic E-state index is 0.329. The number of hydrogen-bond acceptors (Lipinski definition) is 6. The Morgan fingerprint density at radius 2 is 1.67 bits per heavy atom. The van der Waals surface area contributed by atoms with Gasteiger partial charge in [-0.2, -0.15) is 0 Å². The molecule has 0 aliphatic heterocycles. The van der Waals surface area contributed by atoms with E-state index >= 15 is 0 Å². The van der Waals surface area contributed by atoms with Gasteiger partial charge in [0.1, 0.15) is 12.0 Å². The zero-order chi connectivity index (χ0) is 17.1.